The number of aromatic nitrogens is 3. The summed E-state index contributed by atoms with van der Waals surface area (Å²) in [5, 5.41) is 1.08. The number of rotatable bonds is 3. The van der Waals surface area contributed by atoms with Gasteiger partial charge in [0.25, 0.3) is 5.91 Å². The molecule has 1 N–H and O–H groups in total. The van der Waals surface area contributed by atoms with Crippen LogP contribution in [0.25, 0.3) is 10.9 Å². The summed E-state index contributed by atoms with van der Waals surface area (Å²) in [4.78, 5) is 25.5. The molecule has 4 heterocycles. The van der Waals surface area contributed by atoms with E-state index in [1.54, 1.807) is 0 Å². The number of imidazole rings is 1. The summed E-state index contributed by atoms with van der Waals surface area (Å²) in [5.41, 5.74) is 4.16. The molecule has 1 amide bonds. The lowest BCUT2D eigenvalue weighted by atomic mass is 10.1. The number of H-pyrrole nitrogens is 1. The van der Waals surface area contributed by atoms with Gasteiger partial charge in [0.2, 0.25) is 0 Å². The molecule has 0 saturated carbocycles. The molecular weight excluding hydrogens is 338 g/mol. The zero-order valence-corrected chi connectivity index (χ0v) is 15.5. The Morgan fingerprint density at radius 2 is 1.96 bits per heavy atom. The Kier molecular flexibility index (Phi) is 4.20. The van der Waals surface area contributed by atoms with Gasteiger partial charge in [-0.1, -0.05) is 0 Å². The van der Waals surface area contributed by atoms with Crippen LogP contribution in [0.15, 0.2) is 36.8 Å². The van der Waals surface area contributed by atoms with E-state index < -0.39 is 0 Å². The van der Waals surface area contributed by atoms with Crippen LogP contribution in [0.3, 0.4) is 0 Å². The molecule has 3 aromatic rings. The minimum absolute atomic E-state index is 0.111. The molecule has 0 radical (unpaired) electrons. The summed E-state index contributed by atoms with van der Waals surface area (Å²) in [5.74, 6) is 0.111. The number of nitrogens with one attached hydrogen (secondary N) is 1. The van der Waals surface area contributed by atoms with Gasteiger partial charge in [0.15, 0.2) is 0 Å². The summed E-state index contributed by atoms with van der Waals surface area (Å²) < 4.78 is 2.24. The van der Waals surface area contributed by atoms with Gasteiger partial charge in [-0.2, -0.15) is 0 Å². The van der Waals surface area contributed by atoms with E-state index in [9.17, 15) is 4.79 Å². The molecule has 6 heteroatoms. The number of amides is 1. The van der Waals surface area contributed by atoms with Crippen molar-refractivity contribution < 1.29 is 4.79 Å². The van der Waals surface area contributed by atoms with Gasteiger partial charge in [0.05, 0.1) is 24.3 Å². The number of likely N-dealkylation sites (tertiary alicyclic amines) is 1. The molecular formula is C21H25N5O. The van der Waals surface area contributed by atoms with Gasteiger partial charge in [0, 0.05) is 42.3 Å². The number of carbonyl (C=O) groups is 1. The number of carbonyl (C=O) groups excluding carboxylic acids is 1. The van der Waals surface area contributed by atoms with E-state index in [1.807, 2.05) is 41.7 Å². The number of nitrogens with zero attached hydrogens (tertiary/aromatic N) is 4. The number of fused-ring (bicyclic) bond motifs is 2. The largest absolute Gasteiger partial charge is 0.361 e. The molecule has 0 atom stereocenters. The Labute approximate surface area is 158 Å². The molecule has 1 saturated heterocycles. The fourth-order valence-electron chi connectivity index (χ4n) is 4.34. The van der Waals surface area contributed by atoms with Crippen molar-refractivity contribution in [2.45, 2.75) is 38.9 Å². The second kappa shape index (κ2) is 6.85. The van der Waals surface area contributed by atoms with E-state index in [2.05, 4.69) is 19.4 Å². The Hall–Kier alpha value is -2.60. The molecule has 6 nitrogen and oxygen atoms in total. The smallest absolute Gasteiger partial charge is 0.254 e. The lowest BCUT2D eigenvalue weighted by Gasteiger charge is -2.21. The molecule has 0 bridgehead atoms. The fourth-order valence-corrected chi connectivity index (χ4v) is 4.34. The molecule has 2 aromatic heterocycles. The minimum Gasteiger partial charge on any atom is -0.361 e. The summed E-state index contributed by atoms with van der Waals surface area (Å²) in [7, 11) is 0. The third-order valence-corrected chi connectivity index (χ3v) is 5.86. The molecule has 0 unspecified atom stereocenters. The van der Waals surface area contributed by atoms with E-state index >= 15 is 0 Å². The van der Waals surface area contributed by atoms with Crippen molar-refractivity contribution in [2.75, 3.05) is 19.6 Å². The van der Waals surface area contributed by atoms with Gasteiger partial charge >= 0.3 is 0 Å². The number of aromatic amines is 1. The average Bonchev–Trinajstić information content (AvgIpc) is 3.41. The van der Waals surface area contributed by atoms with Crippen LogP contribution in [0.2, 0.25) is 0 Å². The minimum atomic E-state index is 0.111. The van der Waals surface area contributed by atoms with Crippen LogP contribution < -0.4 is 0 Å². The normalized spacial score (nSPS) is 18.0. The van der Waals surface area contributed by atoms with E-state index in [4.69, 9.17) is 0 Å². The van der Waals surface area contributed by atoms with Crippen LogP contribution in [0.4, 0.5) is 0 Å². The Morgan fingerprint density at radius 3 is 2.85 bits per heavy atom. The summed E-state index contributed by atoms with van der Waals surface area (Å²) in [6.45, 7) is 5.59. The fraction of sp³-hybridized carbons (Fsp3) is 0.429. The zero-order chi connectivity index (χ0) is 18.2. The van der Waals surface area contributed by atoms with Gasteiger partial charge in [-0.15, -0.1) is 0 Å². The van der Waals surface area contributed by atoms with E-state index in [0.29, 0.717) is 6.54 Å². The van der Waals surface area contributed by atoms with E-state index in [-0.39, 0.29) is 5.91 Å². The number of hydrogen-bond donors (Lipinski definition) is 1. The van der Waals surface area contributed by atoms with Crippen LogP contribution in [-0.2, 0) is 19.6 Å². The third-order valence-electron chi connectivity index (χ3n) is 5.86. The highest BCUT2D eigenvalue weighted by molar-refractivity contribution is 5.98. The predicted octanol–water partition coefficient (Wildman–Crippen LogP) is 3.01. The summed E-state index contributed by atoms with van der Waals surface area (Å²) >= 11 is 0. The number of benzene rings is 1. The maximum Gasteiger partial charge on any atom is 0.254 e. The highest BCUT2D eigenvalue weighted by Crippen LogP contribution is 2.22. The van der Waals surface area contributed by atoms with Crippen molar-refractivity contribution in [3.8, 4) is 0 Å². The van der Waals surface area contributed by atoms with Crippen molar-refractivity contribution in [3.63, 3.8) is 0 Å². The van der Waals surface area contributed by atoms with Crippen molar-refractivity contribution in [3.05, 3.63) is 53.7 Å². The first-order valence-electron chi connectivity index (χ1n) is 9.89. The first kappa shape index (κ1) is 16.6. The SMILES string of the molecule is O=C(c1ccc2[nH]ccc2c1)N1CCCn2cnc(CN3CCCC3)c2C1. The van der Waals surface area contributed by atoms with Crippen LogP contribution in [0, 0.1) is 0 Å². The monoisotopic (exact) mass is 363 g/mol. The molecule has 27 heavy (non-hydrogen) atoms. The summed E-state index contributed by atoms with van der Waals surface area (Å²) in [6.07, 6.45) is 7.39. The second-order valence-electron chi connectivity index (χ2n) is 7.67. The predicted molar refractivity (Wildman–Crippen MR) is 104 cm³/mol. The third kappa shape index (κ3) is 3.14. The zero-order valence-electron chi connectivity index (χ0n) is 15.5. The first-order valence-corrected chi connectivity index (χ1v) is 9.89. The van der Waals surface area contributed by atoms with Gasteiger partial charge in [-0.25, -0.2) is 4.98 Å². The molecule has 2 aliphatic rings. The van der Waals surface area contributed by atoms with Crippen LogP contribution >= 0.6 is 0 Å². The summed E-state index contributed by atoms with van der Waals surface area (Å²) in [6, 6.07) is 7.91. The standard InChI is InChI=1S/C21H25N5O/c27-21(17-4-5-18-16(12-17)6-7-22-18)25-10-3-11-26-15-23-19(20(26)14-25)13-24-8-1-2-9-24/h4-7,12,15,22H,1-3,8-11,13-14H2. The first-order chi connectivity index (χ1) is 13.3. The van der Waals surface area contributed by atoms with Gasteiger partial charge < -0.3 is 14.5 Å². The Morgan fingerprint density at radius 1 is 1.07 bits per heavy atom. The van der Waals surface area contributed by atoms with Crippen molar-refractivity contribution in [1.82, 2.24) is 24.3 Å². The number of hydrogen-bond acceptors (Lipinski definition) is 3. The maximum absolute atomic E-state index is 13.2. The molecule has 1 fully saturated rings. The van der Waals surface area contributed by atoms with Crippen LogP contribution in [0.1, 0.15) is 41.0 Å². The molecule has 0 spiro atoms. The van der Waals surface area contributed by atoms with Gasteiger partial charge in [-0.05, 0) is 56.6 Å². The molecule has 0 aliphatic carbocycles. The highest BCUT2D eigenvalue weighted by atomic mass is 16.2. The lowest BCUT2D eigenvalue weighted by Crippen LogP contribution is -2.31. The Balaban J connectivity index is 1.39. The average molecular weight is 363 g/mol. The van der Waals surface area contributed by atoms with Crippen LogP contribution in [-0.4, -0.2) is 49.9 Å². The van der Waals surface area contributed by atoms with E-state index in [0.717, 1.165) is 61.3 Å². The number of aryl methyl sites for hydroxylation is 1. The van der Waals surface area contributed by atoms with Crippen molar-refractivity contribution >= 4 is 16.8 Å². The molecule has 5 rings (SSSR count). The van der Waals surface area contributed by atoms with Crippen molar-refractivity contribution in [1.29, 1.82) is 0 Å². The molecule has 1 aromatic carbocycles. The van der Waals surface area contributed by atoms with Gasteiger partial charge in [0.1, 0.15) is 0 Å². The van der Waals surface area contributed by atoms with Crippen LogP contribution in [0.5, 0.6) is 0 Å². The molecule has 2 aliphatic heterocycles. The topological polar surface area (TPSA) is 57.2 Å². The van der Waals surface area contributed by atoms with E-state index in [1.165, 1.54) is 18.5 Å². The quantitative estimate of drug-likeness (QED) is 0.778. The lowest BCUT2D eigenvalue weighted by molar-refractivity contribution is 0.0745. The maximum atomic E-state index is 13.2. The van der Waals surface area contributed by atoms with Gasteiger partial charge in [-0.3, -0.25) is 9.69 Å². The highest BCUT2D eigenvalue weighted by Gasteiger charge is 2.24. The Bertz CT molecular complexity index is 966. The second-order valence-corrected chi connectivity index (χ2v) is 7.67. The molecule has 140 valence electrons. The van der Waals surface area contributed by atoms with Crippen molar-refractivity contribution in [2.24, 2.45) is 0 Å².